The van der Waals surface area contributed by atoms with E-state index in [2.05, 4.69) is 28.5 Å². The van der Waals surface area contributed by atoms with Crippen LogP contribution in [0.3, 0.4) is 0 Å². The van der Waals surface area contributed by atoms with Crippen molar-refractivity contribution < 1.29 is 0 Å². The van der Waals surface area contributed by atoms with Gasteiger partial charge in [-0.15, -0.1) is 0 Å². The third-order valence-corrected chi connectivity index (χ3v) is 3.21. The highest BCUT2D eigenvalue weighted by Crippen LogP contribution is 2.28. The Labute approximate surface area is 97.3 Å². The predicted molar refractivity (Wildman–Crippen MR) is 66.2 cm³/mol. The fourth-order valence-corrected chi connectivity index (χ4v) is 2.39. The van der Waals surface area contributed by atoms with Gasteiger partial charge in [0, 0.05) is 11.8 Å². The minimum absolute atomic E-state index is 0.363. The number of nitrogens with one attached hydrogen (secondary N) is 2. The van der Waals surface area contributed by atoms with E-state index in [0.717, 1.165) is 6.54 Å². The number of allylic oxidation sites excluding steroid dienone is 1. The molecular formula is C13H21N3. The maximum Gasteiger partial charge on any atom is 0.0567 e. The molecule has 1 aromatic rings. The maximum absolute atomic E-state index is 4.05. The third kappa shape index (κ3) is 2.73. The van der Waals surface area contributed by atoms with Gasteiger partial charge in [0.15, 0.2) is 0 Å². The Morgan fingerprint density at radius 2 is 2.38 bits per heavy atom. The predicted octanol–water partition coefficient (Wildman–Crippen LogP) is 2.95. The van der Waals surface area contributed by atoms with Crippen LogP contribution in [0.2, 0.25) is 0 Å². The maximum atomic E-state index is 4.05. The minimum atomic E-state index is 0.363. The Balaban J connectivity index is 2.14. The van der Waals surface area contributed by atoms with E-state index in [1.54, 1.807) is 5.57 Å². The Hall–Kier alpha value is -1.09. The van der Waals surface area contributed by atoms with Gasteiger partial charge < -0.3 is 5.32 Å². The molecule has 0 aliphatic heterocycles. The van der Waals surface area contributed by atoms with Crippen LogP contribution < -0.4 is 5.32 Å². The molecule has 0 bridgehead atoms. The molecule has 1 heterocycles. The second-order valence-electron chi connectivity index (χ2n) is 4.40. The molecule has 0 saturated carbocycles. The van der Waals surface area contributed by atoms with E-state index in [4.69, 9.17) is 0 Å². The van der Waals surface area contributed by atoms with E-state index in [1.165, 1.54) is 37.7 Å². The van der Waals surface area contributed by atoms with Crippen molar-refractivity contribution in [2.45, 2.75) is 45.1 Å². The van der Waals surface area contributed by atoms with Gasteiger partial charge in [-0.2, -0.15) is 5.10 Å². The Morgan fingerprint density at radius 3 is 3.12 bits per heavy atom. The fraction of sp³-hybridized carbons (Fsp3) is 0.615. The molecule has 0 aromatic carbocycles. The van der Waals surface area contributed by atoms with Gasteiger partial charge in [0.25, 0.3) is 0 Å². The summed E-state index contributed by atoms with van der Waals surface area (Å²) in [4.78, 5) is 0. The normalized spacial score (nSPS) is 18.9. The van der Waals surface area contributed by atoms with Crippen LogP contribution in [-0.2, 0) is 0 Å². The summed E-state index contributed by atoms with van der Waals surface area (Å²) in [6, 6.07) is 0.363. The Kier molecular flexibility index (Phi) is 4.17. The largest absolute Gasteiger partial charge is 0.307 e. The van der Waals surface area contributed by atoms with Crippen LogP contribution >= 0.6 is 0 Å². The molecule has 1 atom stereocenters. The summed E-state index contributed by atoms with van der Waals surface area (Å²) in [5.41, 5.74) is 2.80. The van der Waals surface area contributed by atoms with Crippen LogP contribution in [0.5, 0.6) is 0 Å². The third-order valence-electron chi connectivity index (χ3n) is 3.21. The quantitative estimate of drug-likeness (QED) is 0.764. The number of aromatic amines is 1. The number of aromatic nitrogens is 2. The molecule has 1 aliphatic carbocycles. The van der Waals surface area contributed by atoms with E-state index >= 15 is 0 Å². The molecule has 88 valence electrons. The standard InChI is InChI=1S/C13H21N3/c1-2-14-13(12-9-15-16-10-12)11-7-5-3-4-6-8-11/h7,9-10,13-14H,2-6,8H2,1H3,(H,15,16). The topological polar surface area (TPSA) is 40.7 Å². The van der Waals surface area contributed by atoms with Crippen LogP contribution in [0.1, 0.15) is 50.6 Å². The molecule has 0 radical (unpaired) electrons. The summed E-state index contributed by atoms with van der Waals surface area (Å²) in [5.74, 6) is 0. The van der Waals surface area contributed by atoms with Crippen LogP contribution in [0.25, 0.3) is 0 Å². The summed E-state index contributed by atoms with van der Waals surface area (Å²) in [7, 11) is 0. The molecule has 2 rings (SSSR count). The summed E-state index contributed by atoms with van der Waals surface area (Å²) >= 11 is 0. The zero-order chi connectivity index (χ0) is 11.2. The zero-order valence-corrected chi connectivity index (χ0v) is 10.00. The first-order valence-electron chi connectivity index (χ1n) is 6.32. The van der Waals surface area contributed by atoms with Gasteiger partial charge in [-0.3, -0.25) is 5.10 Å². The monoisotopic (exact) mass is 219 g/mol. The number of likely N-dealkylation sites (N-methyl/N-ethyl adjacent to an activating group) is 1. The van der Waals surface area contributed by atoms with Crippen LogP contribution in [0, 0.1) is 0 Å². The average molecular weight is 219 g/mol. The molecule has 16 heavy (non-hydrogen) atoms. The SMILES string of the molecule is CCNC(C1=CCCCCC1)c1cn[nH]c1. The Morgan fingerprint density at radius 1 is 1.44 bits per heavy atom. The number of rotatable bonds is 4. The first-order chi connectivity index (χ1) is 7.92. The van der Waals surface area contributed by atoms with E-state index < -0.39 is 0 Å². The molecule has 3 nitrogen and oxygen atoms in total. The highest BCUT2D eigenvalue weighted by atomic mass is 15.1. The first kappa shape index (κ1) is 11.4. The lowest BCUT2D eigenvalue weighted by atomic mass is 9.97. The number of hydrogen-bond acceptors (Lipinski definition) is 2. The van der Waals surface area contributed by atoms with Crippen molar-refractivity contribution in [3.8, 4) is 0 Å². The lowest BCUT2D eigenvalue weighted by Crippen LogP contribution is -2.22. The van der Waals surface area contributed by atoms with Gasteiger partial charge in [-0.25, -0.2) is 0 Å². The van der Waals surface area contributed by atoms with Crippen molar-refractivity contribution in [1.82, 2.24) is 15.5 Å². The lowest BCUT2D eigenvalue weighted by Gasteiger charge is -2.19. The summed E-state index contributed by atoms with van der Waals surface area (Å²) in [6.07, 6.45) is 12.8. The van der Waals surface area contributed by atoms with Crippen molar-refractivity contribution in [2.24, 2.45) is 0 Å². The van der Waals surface area contributed by atoms with E-state index in [-0.39, 0.29) is 0 Å². The minimum Gasteiger partial charge on any atom is -0.307 e. The number of H-pyrrole nitrogens is 1. The first-order valence-corrected chi connectivity index (χ1v) is 6.32. The molecule has 1 aliphatic rings. The van der Waals surface area contributed by atoms with E-state index in [0.29, 0.717) is 6.04 Å². The van der Waals surface area contributed by atoms with Crippen molar-refractivity contribution in [3.05, 3.63) is 29.6 Å². The average Bonchev–Trinajstić information content (AvgIpc) is 2.69. The molecular weight excluding hydrogens is 198 g/mol. The molecule has 3 heteroatoms. The highest BCUT2D eigenvalue weighted by Gasteiger charge is 2.17. The lowest BCUT2D eigenvalue weighted by molar-refractivity contribution is 0.590. The van der Waals surface area contributed by atoms with Gasteiger partial charge in [0.05, 0.1) is 12.2 Å². The fourth-order valence-electron chi connectivity index (χ4n) is 2.39. The van der Waals surface area contributed by atoms with Gasteiger partial charge in [-0.1, -0.05) is 25.0 Å². The van der Waals surface area contributed by atoms with E-state index in [1.807, 2.05) is 12.4 Å². The second kappa shape index (κ2) is 5.85. The summed E-state index contributed by atoms with van der Waals surface area (Å²) < 4.78 is 0. The van der Waals surface area contributed by atoms with Crippen molar-refractivity contribution in [2.75, 3.05) is 6.54 Å². The highest BCUT2D eigenvalue weighted by molar-refractivity contribution is 5.24. The number of hydrogen-bond donors (Lipinski definition) is 2. The van der Waals surface area contributed by atoms with Gasteiger partial charge in [0.1, 0.15) is 0 Å². The second-order valence-corrected chi connectivity index (χ2v) is 4.40. The van der Waals surface area contributed by atoms with Crippen LogP contribution in [-0.4, -0.2) is 16.7 Å². The van der Waals surface area contributed by atoms with Gasteiger partial charge in [-0.05, 0) is 32.2 Å². The van der Waals surface area contributed by atoms with E-state index in [9.17, 15) is 0 Å². The molecule has 2 N–H and O–H groups in total. The molecule has 1 aromatic heterocycles. The summed E-state index contributed by atoms with van der Waals surface area (Å²) in [5, 5.41) is 10.5. The summed E-state index contributed by atoms with van der Waals surface area (Å²) in [6.45, 7) is 3.15. The number of nitrogens with zero attached hydrogens (tertiary/aromatic N) is 1. The van der Waals surface area contributed by atoms with Crippen molar-refractivity contribution in [1.29, 1.82) is 0 Å². The van der Waals surface area contributed by atoms with Crippen molar-refractivity contribution >= 4 is 0 Å². The zero-order valence-electron chi connectivity index (χ0n) is 10.00. The van der Waals surface area contributed by atoms with Crippen LogP contribution in [0.15, 0.2) is 24.0 Å². The Bertz CT molecular complexity index is 327. The van der Waals surface area contributed by atoms with Gasteiger partial charge >= 0.3 is 0 Å². The smallest absolute Gasteiger partial charge is 0.0567 e. The molecule has 0 spiro atoms. The molecule has 0 amide bonds. The molecule has 0 fully saturated rings. The van der Waals surface area contributed by atoms with Crippen molar-refractivity contribution in [3.63, 3.8) is 0 Å². The van der Waals surface area contributed by atoms with Gasteiger partial charge in [0.2, 0.25) is 0 Å². The van der Waals surface area contributed by atoms with Crippen LogP contribution in [0.4, 0.5) is 0 Å². The molecule has 1 unspecified atom stereocenters. The molecule has 0 saturated heterocycles.